The van der Waals surface area contributed by atoms with Gasteiger partial charge in [0, 0.05) is 13.6 Å². The molecule has 0 aliphatic carbocycles. The molecule has 2 rings (SSSR count). The zero-order valence-corrected chi connectivity index (χ0v) is 13.8. The zero-order valence-electron chi connectivity index (χ0n) is 13.8. The molecule has 1 aromatic carbocycles. The van der Waals surface area contributed by atoms with E-state index >= 15 is 0 Å². The third-order valence-electron chi connectivity index (χ3n) is 3.52. The van der Waals surface area contributed by atoms with E-state index in [0.29, 0.717) is 5.92 Å². The van der Waals surface area contributed by atoms with Crippen molar-refractivity contribution in [2.45, 2.75) is 26.3 Å². The quantitative estimate of drug-likeness (QED) is 0.819. The number of hydrogen-bond donors (Lipinski definition) is 0. The van der Waals surface area contributed by atoms with Crippen LogP contribution in [0.15, 0.2) is 30.3 Å². The van der Waals surface area contributed by atoms with E-state index in [0.717, 1.165) is 35.1 Å². The molecular formula is C17H23N3O2. The fraction of sp³-hybridized carbons (Fsp3) is 0.412. The van der Waals surface area contributed by atoms with Gasteiger partial charge in [0.1, 0.15) is 0 Å². The van der Waals surface area contributed by atoms with Gasteiger partial charge in [0.25, 0.3) is 0 Å². The zero-order chi connectivity index (χ0) is 16.1. The van der Waals surface area contributed by atoms with Crippen molar-refractivity contribution in [2.24, 2.45) is 0 Å². The van der Waals surface area contributed by atoms with Gasteiger partial charge in [-0.05, 0) is 35.7 Å². The van der Waals surface area contributed by atoms with Crippen molar-refractivity contribution < 1.29 is 9.47 Å². The monoisotopic (exact) mass is 301 g/mol. The molecule has 0 saturated carbocycles. The predicted octanol–water partition coefficient (Wildman–Crippen LogP) is 3.25. The lowest BCUT2D eigenvalue weighted by atomic mass is 10.1. The number of benzene rings is 1. The van der Waals surface area contributed by atoms with E-state index in [2.05, 4.69) is 28.9 Å². The van der Waals surface area contributed by atoms with E-state index in [-0.39, 0.29) is 0 Å². The second kappa shape index (κ2) is 7.11. The largest absolute Gasteiger partial charge is 0.493 e. The molecule has 0 spiro atoms. The molecule has 0 unspecified atom stereocenters. The van der Waals surface area contributed by atoms with Crippen molar-refractivity contribution in [3.8, 4) is 11.5 Å². The fourth-order valence-corrected chi connectivity index (χ4v) is 2.18. The molecule has 118 valence electrons. The summed E-state index contributed by atoms with van der Waals surface area (Å²) < 4.78 is 10.6. The minimum absolute atomic E-state index is 0.387. The van der Waals surface area contributed by atoms with Gasteiger partial charge in [-0.15, -0.1) is 5.10 Å². The summed E-state index contributed by atoms with van der Waals surface area (Å²) in [6.07, 6.45) is 0. The third-order valence-corrected chi connectivity index (χ3v) is 3.52. The smallest absolute Gasteiger partial charge is 0.161 e. The molecule has 5 heteroatoms. The Balaban J connectivity index is 2.12. The third kappa shape index (κ3) is 3.67. The van der Waals surface area contributed by atoms with Gasteiger partial charge in [0.2, 0.25) is 0 Å². The number of hydrogen-bond acceptors (Lipinski definition) is 5. The summed E-state index contributed by atoms with van der Waals surface area (Å²) in [5.41, 5.74) is 2.12. The molecule has 0 aliphatic heterocycles. The molecule has 0 bridgehead atoms. The maximum absolute atomic E-state index is 5.33. The van der Waals surface area contributed by atoms with Gasteiger partial charge in [-0.1, -0.05) is 19.9 Å². The summed E-state index contributed by atoms with van der Waals surface area (Å²) in [5.74, 6) is 2.70. The maximum Gasteiger partial charge on any atom is 0.161 e. The van der Waals surface area contributed by atoms with Gasteiger partial charge in [-0.2, -0.15) is 5.10 Å². The minimum Gasteiger partial charge on any atom is -0.493 e. The minimum atomic E-state index is 0.387. The molecule has 0 amide bonds. The second-order valence-corrected chi connectivity index (χ2v) is 5.52. The molecule has 0 atom stereocenters. The molecule has 1 aromatic heterocycles. The Morgan fingerprint density at radius 3 is 2.27 bits per heavy atom. The van der Waals surface area contributed by atoms with E-state index in [1.54, 1.807) is 14.2 Å². The number of rotatable bonds is 6. The molecule has 0 radical (unpaired) electrons. The van der Waals surface area contributed by atoms with Gasteiger partial charge >= 0.3 is 0 Å². The summed E-state index contributed by atoms with van der Waals surface area (Å²) in [6.45, 7) is 4.93. The molecule has 2 aromatic rings. The number of methoxy groups -OCH3 is 2. The highest BCUT2D eigenvalue weighted by Crippen LogP contribution is 2.28. The van der Waals surface area contributed by atoms with E-state index in [1.165, 1.54) is 0 Å². The number of aromatic nitrogens is 2. The lowest BCUT2D eigenvalue weighted by Crippen LogP contribution is -2.18. The van der Waals surface area contributed by atoms with Crippen LogP contribution in [-0.2, 0) is 6.54 Å². The molecule has 0 aliphatic rings. The fourth-order valence-electron chi connectivity index (χ4n) is 2.18. The molecule has 22 heavy (non-hydrogen) atoms. The highest BCUT2D eigenvalue weighted by molar-refractivity contribution is 5.45. The first-order valence-electron chi connectivity index (χ1n) is 7.30. The van der Waals surface area contributed by atoms with Crippen LogP contribution < -0.4 is 14.4 Å². The predicted molar refractivity (Wildman–Crippen MR) is 87.8 cm³/mol. The van der Waals surface area contributed by atoms with Crippen molar-refractivity contribution in [1.29, 1.82) is 0 Å². The van der Waals surface area contributed by atoms with Crippen LogP contribution in [0, 0.1) is 0 Å². The molecular weight excluding hydrogens is 278 g/mol. The molecule has 0 saturated heterocycles. The van der Waals surface area contributed by atoms with E-state index in [9.17, 15) is 0 Å². The van der Waals surface area contributed by atoms with Crippen LogP contribution in [0.4, 0.5) is 5.82 Å². The van der Waals surface area contributed by atoms with Crippen molar-refractivity contribution in [1.82, 2.24) is 10.2 Å². The van der Waals surface area contributed by atoms with Gasteiger partial charge in [0.15, 0.2) is 17.3 Å². The summed E-state index contributed by atoms with van der Waals surface area (Å²) in [6, 6.07) is 9.94. The number of nitrogens with zero attached hydrogens (tertiary/aromatic N) is 3. The Kier molecular flexibility index (Phi) is 5.20. The average Bonchev–Trinajstić information content (AvgIpc) is 2.54. The molecule has 1 heterocycles. The standard InChI is InChI=1S/C17H23N3O2/c1-12(2)14-7-9-17(19-18-14)20(3)11-13-6-8-15(21-4)16(10-13)22-5/h6-10,12H,11H2,1-5H3. The van der Waals surface area contributed by atoms with Crippen LogP contribution in [0.2, 0.25) is 0 Å². The Bertz CT molecular complexity index is 612. The van der Waals surface area contributed by atoms with Gasteiger partial charge < -0.3 is 14.4 Å². The first-order valence-corrected chi connectivity index (χ1v) is 7.30. The van der Waals surface area contributed by atoms with Crippen molar-refractivity contribution >= 4 is 5.82 Å². The second-order valence-electron chi connectivity index (χ2n) is 5.52. The highest BCUT2D eigenvalue weighted by atomic mass is 16.5. The van der Waals surface area contributed by atoms with E-state index in [1.807, 2.05) is 37.4 Å². The molecule has 5 nitrogen and oxygen atoms in total. The van der Waals surface area contributed by atoms with Crippen LogP contribution in [0.1, 0.15) is 31.0 Å². The lowest BCUT2D eigenvalue weighted by molar-refractivity contribution is 0.354. The van der Waals surface area contributed by atoms with Crippen molar-refractivity contribution in [3.05, 3.63) is 41.6 Å². The Labute approximate surface area is 131 Å². The average molecular weight is 301 g/mol. The van der Waals surface area contributed by atoms with E-state index < -0.39 is 0 Å². The van der Waals surface area contributed by atoms with Crippen molar-refractivity contribution in [3.63, 3.8) is 0 Å². The van der Waals surface area contributed by atoms with Gasteiger partial charge in [-0.3, -0.25) is 0 Å². The van der Waals surface area contributed by atoms with Crippen LogP contribution in [-0.4, -0.2) is 31.5 Å². The normalized spacial score (nSPS) is 10.6. The Hall–Kier alpha value is -2.30. The van der Waals surface area contributed by atoms with Gasteiger partial charge in [-0.25, -0.2) is 0 Å². The highest BCUT2D eigenvalue weighted by Gasteiger charge is 2.09. The summed E-state index contributed by atoms with van der Waals surface area (Å²) in [5, 5.41) is 8.56. The van der Waals surface area contributed by atoms with Crippen LogP contribution in [0.3, 0.4) is 0 Å². The van der Waals surface area contributed by atoms with Crippen LogP contribution >= 0.6 is 0 Å². The summed E-state index contributed by atoms with van der Waals surface area (Å²) >= 11 is 0. The van der Waals surface area contributed by atoms with E-state index in [4.69, 9.17) is 9.47 Å². The number of ether oxygens (including phenoxy) is 2. The summed E-state index contributed by atoms with van der Waals surface area (Å²) in [7, 11) is 5.27. The summed E-state index contributed by atoms with van der Waals surface area (Å²) in [4.78, 5) is 2.05. The lowest BCUT2D eigenvalue weighted by Gasteiger charge is -2.19. The van der Waals surface area contributed by atoms with Crippen molar-refractivity contribution in [2.75, 3.05) is 26.2 Å². The topological polar surface area (TPSA) is 47.5 Å². The number of anilines is 1. The maximum atomic E-state index is 5.33. The Morgan fingerprint density at radius 1 is 1.00 bits per heavy atom. The Morgan fingerprint density at radius 2 is 1.73 bits per heavy atom. The molecule has 0 fully saturated rings. The van der Waals surface area contributed by atoms with Crippen LogP contribution in [0.5, 0.6) is 11.5 Å². The first kappa shape index (κ1) is 16.1. The first-order chi connectivity index (χ1) is 10.5. The SMILES string of the molecule is COc1ccc(CN(C)c2ccc(C(C)C)nn2)cc1OC. The molecule has 0 N–H and O–H groups in total. The van der Waals surface area contributed by atoms with Gasteiger partial charge in [0.05, 0.1) is 19.9 Å². The van der Waals surface area contributed by atoms with Crippen LogP contribution in [0.25, 0.3) is 0 Å².